The van der Waals surface area contributed by atoms with Crippen LogP contribution >= 0.6 is 12.2 Å². The Bertz CT molecular complexity index is 614. The van der Waals surface area contributed by atoms with Crippen molar-refractivity contribution >= 4 is 27.0 Å². The highest BCUT2D eigenvalue weighted by Crippen LogP contribution is 2.19. The number of aliphatic hydroxyl groups excluding tert-OH is 1. The molecule has 21 heavy (non-hydrogen) atoms. The number of β-amino-alcohol motifs (C(OH)–C–C–N with tert-alkyl or cyclic N) is 1. The van der Waals surface area contributed by atoms with Crippen LogP contribution in [0.15, 0.2) is 24.3 Å². The van der Waals surface area contributed by atoms with E-state index < -0.39 is 15.9 Å². The molecule has 1 aromatic rings. The smallest absolute Gasteiger partial charge is 0.153 e. The zero-order chi connectivity index (χ0) is 15.6. The maximum atomic E-state index is 11.6. The van der Waals surface area contributed by atoms with E-state index in [1.807, 2.05) is 11.8 Å². The molecule has 1 aliphatic rings. The number of benzene rings is 1. The van der Waals surface area contributed by atoms with Crippen LogP contribution in [0.3, 0.4) is 0 Å². The lowest BCUT2D eigenvalue weighted by Gasteiger charge is -2.34. The van der Waals surface area contributed by atoms with Crippen molar-refractivity contribution in [3.8, 4) is 0 Å². The van der Waals surface area contributed by atoms with Crippen LogP contribution in [0.5, 0.6) is 0 Å². The largest absolute Gasteiger partial charge is 0.389 e. The van der Waals surface area contributed by atoms with Gasteiger partial charge in [-0.25, -0.2) is 8.42 Å². The summed E-state index contributed by atoms with van der Waals surface area (Å²) < 4.78 is 23.1. The number of rotatable bonds is 4. The van der Waals surface area contributed by atoms with Crippen molar-refractivity contribution in [2.45, 2.75) is 19.1 Å². The zero-order valence-electron chi connectivity index (χ0n) is 11.9. The zero-order valence-corrected chi connectivity index (χ0v) is 13.5. The lowest BCUT2D eigenvalue weighted by atomic mass is 10.1. The van der Waals surface area contributed by atoms with Crippen molar-refractivity contribution in [1.82, 2.24) is 4.90 Å². The SMILES string of the molecule is CC1CS(=O)(=O)CCN1CC(O)c1ccc(C(N)=S)cc1. The third-order valence-corrected chi connectivity index (χ3v) is 5.83. The monoisotopic (exact) mass is 328 g/mol. The molecular weight excluding hydrogens is 308 g/mol. The molecule has 116 valence electrons. The Hall–Kier alpha value is -1.02. The van der Waals surface area contributed by atoms with Gasteiger partial charge in [0.05, 0.1) is 17.6 Å². The number of aliphatic hydroxyl groups is 1. The molecule has 0 saturated carbocycles. The highest BCUT2D eigenvalue weighted by atomic mass is 32.2. The van der Waals surface area contributed by atoms with Crippen LogP contribution in [0.2, 0.25) is 0 Å². The topological polar surface area (TPSA) is 83.6 Å². The first kappa shape index (κ1) is 16.4. The number of nitrogens with two attached hydrogens (primary N) is 1. The van der Waals surface area contributed by atoms with Gasteiger partial charge in [-0.15, -0.1) is 0 Å². The van der Waals surface area contributed by atoms with Gasteiger partial charge < -0.3 is 10.8 Å². The summed E-state index contributed by atoms with van der Waals surface area (Å²) in [5, 5.41) is 10.3. The Morgan fingerprint density at radius 3 is 2.62 bits per heavy atom. The summed E-state index contributed by atoms with van der Waals surface area (Å²) in [6.07, 6.45) is -0.659. The molecule has 1 aliphatic heterocycles. The fourth-order valence-corrected chi connectivity index (χ4v) is 4.26. The second-order valence-electron chi connectivity index (χ2n) is 5.46. The van der Waals surface area contributed by atoms with Gasteiger partial charge in [-0.3, -0.25) is 4.90 Å². The van der Waals surface area contributed by atoms with E-state index in [2.05, 4.69) is 0 Å². The van der Waals surface area contributed by atoms with Crippen molar-refractivity contribution in [2.24, 2.45) is 5.73 Å². The second kappa shape index (κ2) is 6.39. The van der Waals surface area contributed by atoms with Gasteiger partial charge >= 0.3 is 0 Å². The molecule has 1 heterocycles. The van der Waals surface area contributed by atoms with Crippen LogP contribution in [0.4, 0.5) is 0 Å². The second-order valence-corrected chi connectivity index (χ2v) is 8.13. The summed E-state index contributed by atoms with van der Waals surface area (Å²) in [5.74, 6) is 0.310. The van der Waals surface area contributed by atoms with Crippen LogP contribution in [-0.4, -0.2) is 54.0 Å². The molecule has 2 atom stereocenters. The summed E-state index contributed by atoms with van der Waals surface area (Å²) in [4.78, 5) is 2.33. The van der Waals surface area contributed by atoms with E-state index in [4.69, 9.17) is 18.0 Å². The molecule has 0 aromatic heterocycles. The maximum absolute atomic E-state index is 11.6. The minimum Gasteiger partial charge on any atom is -0.389 e. The molecule has 0 spiro atoms. The molecule has 2 unspecified atom stereocenters. The lowest BCUT2D eigenvalue weighted by Crippen LogP contribution is -2.48. The number of thiocarbonyl (C=S) groups is 1. The Labute approximate surface area is 130 Å². The van der Waals surface area contributed by atoms with Gasteiger partial charge in [-0.2, -0.15) is 0 Å². The van der Waals surface area contributed by atoms with Crippen LogP contribution in [0.25, 0.3) is 0 Å². The fourth-order valence-electron chi connectivity index (χ4n) is 2.50. The summed E-state index contributed by atoms with van der Waals surface area (Å²) in [6.45, 7) is 2.76. The standard InChI is InChI=1S/C14H20N2O3S2/c1-10-9-21(18,19)7-6-16(10)8-13(17)11-2-4-12(5-3-11)14(15)20/h2-5,10,13,17H,6-9H2,1H3,(H2,15,20). The Balaban J connectivity index is 2.01. The Morgan fingerprint density at radius 2 is 2.10 bits per heavy atom. The van der Waals surface area contributed by atoms with Crippen LogP contribution < -0.4 is 5.73 Å². The normalized spacial score (nSPS) is 23.6. The van der Waals surface area contributed by atoms with E-state index in [0.717, 1.165) is 11.1 Å². The van der Waals surface area contributed by atoms with Gasteiger partial charge in [0.2, 0.25) is 0 Å². The van der Waals surface area contributed by atoms with Crippen LogP contribution in [0, 0.1) is 0 Å². The number of sulfone groups is 1. The summed E-state index contributed by atoms with van der Waals surface area (Å²) in [6, 6.07) is 7.08. The number of hydrogen-bond acceptors (Lipinski definition) is 5. The summed E-state index contributed by atoms with van der Waals surface area (Å²) in [7, 11) is -2.93. The Morgan fingerprint density at radius 1 is 1.48 bits per heavy atom. The average molecular weight is 328 g/mol. The molecule has 7 heteroatoms. The van der Waals surface area contributed by atoms with Crippen molar-refractivity contribution in [2.75, 3.05) is 24.6 Å². The van der Waals surface area contributed by atoms with Gasteiger partial charge in [0.1, 0.15) is 4.99 Å². The molecular formula is C14H20N2O3S2. The van der Waals surface area contributed by atoms with E-state index in [1.54, 1.807) is 24.3 Å². The van der Waals surface area contributed by atoms with Gasteiger partial charge in [0, 0.05) is 24.7 Å². The van der Waals surface area contributed by atoms with Gasteiger partial charge in [-0.05, 0) is 12.5 Å². The predicted molar refractivity (Wildman–Crippen MR) is 87.0 cm³/mol. The van der Waals surface area contributed by atoms with Crippen molar-refractivity contribution in [3.05, 3.63) is 35.4 Å². The molecule has 5 nitrogen and oxygen atoms in total. The highest BCUT2D eigenvalue weighted by Gasteiger charge is 2.29. The molecule has 1 fully saturated rings. The van der Waals surface area contributed by atoms with Crippen molar-refractivity contribution < 1.29 is 13.5 Å². The molecule has 0 bridgehead atoms. The average Bonchev–Trinajstić information content (AvgIpc) is 2.41. The maximum Gasteiger partial charge on any atom is 0.153 e. The predicted octanol–water partition coefficient (Wildman–Crippen LogP) is 0.473. The van der Waals surface area contributed by atoms with E-state index in [1.165, 1.54) is 0 Å². The quantitative estimate of drug-likeness (QED) is 0.782. The molecule has 0 aliphatic carbocycles. The molecule has 3 N–H and O–H groups in total. The minimum atomic E-state index is -2.93. The van der Waals surface area contributed by atoms with Gasteiger partial charge in [0.15, 0.2) is 9.84 Å². The van der Waals surface area contributed by atoms with Gasteiger partial charge in [0.25, 0.3) is 0 Å². The first-order valence-electron chi connectivity index (χ1n) is 6.81. The third-order valence-electron chi connectivity index (χ3n) is 3.80. The molecule has 2 rings (SSSR count). The fraction of sp³-hybridized carbons (Fsp3) is 0.500. The van der Waals surface area contributed by atoms with Crippen LogP contribution in [0.1, 0.15) is 24.2 Å². The third kappa shape index (κ3) is 4.23. The van der Waals surface area contributed by atoms with Crippen molar-refractivity contribution in [3.63, 3.8) is 0 Å². The first-order chi connectivity index (χ1) is 9.78. The van der Waals surface area contributed by atoms with E-state index in [9.17, 15) is 13.5 Å². The van der Waals surface area contributed by atoms with Crippen LogP contribution in [-0.2, 0) is 9.84 Å². The number of hydrogen-bond donors (Lipinski definition) is 2. The summed E-state index contributed by atoms with van der Waals surface area (Å²) in [5.41, 5.74) is 7.07. The Kier molecular flexibility index (Phi) is 4.98. The van der Waals surface area contributed by atoms with E-state index in [0.29, 0.717) is 18.1 Å². The van der Waals surface area contributed by atoms with Crippen molar-refractivity contribution in [1.29, 1.82) is 0 Å². The molecule has 1 saturated heterocycles. The summed E-state index contributed by atoms with van der Waals surface area (Å²) >= 11 is 4.89. The highest BCUT2D eigenvalue weighted by molar-refractivity contribution is 7.91. The molecule has 1 aromatic carbocycles. The first-order valence-corrected chi connectivity index (χ1v) is 9.04. The van der Waals surface area contributed by atoms with E-state index >= 15 is 0 Å². The van der Waals surface area contributed by atoms with E-state index in [-0.39, 0.29) is 17.5 Å². The minimum absolute atomic E-state index is 0.0747. The number of nitrogens with zero attached hydrogens (tertiary/aromatic N) is 1. The molecule has 0 amide bonds. The molecule has 0 radical (unpaired) electrons. The van der Waals surface area contributed by atoms with Gasteiger partial charge in [-0.1, -0.05) is 36.5 Å². The lowest BCUT2D eigenvalue weighted by molar-refractivity contribution is 0.0974.